The van der Waals surface area contributed by atoms with Gasteiger partial charge in [-0.25, -0.2) is 4.79 Å². The number of nitro benzene ring substituents is 1. The number of nitrogens with one attached hydrogen (secondary N) is 1. The van der Waals surface area contributed by atoms with E-state index in [9.17, 15) is 24.1 Å². The minimum atomic E-state index is -1.01. The highest BCUT2D eigenvalue weighted by Gasteiger charge is 2.15. The Balaban J connectivity index is 2.65. The summed E-state index contributed by atoms with van der Waals surface area (Å²) in [6.07, 6.45) is 2.58. The number of hydrogen-bond acceptors (Lipinski definition) is 5. The first kappa shape index (κ1) is 15.3. The van der Waals surface area contributed by atoms with E-state index in [0.29, 0.717) is 0 Å². The number of amides is 1. The predicted molar refractivity (Wildman–Crippen MR) is 67.5 cm³/mol. The summed E-state index contributed by atoms with van der Waals surface area (Å²) in [7, 11) is 0. The topological polar surface area (TPSA) is 98.5 Å². The molecule has 0 aliphatic rings. The van der Waals surface area contributed by atoms with Crippen molar-refractivity contribution in [1.82, 2.24) is 0 Å². The van der Waals surface area contributed by atoms with E-state index < -0.39 is 34.9 Å². The number of rotatable bonds is 5. The second kappa shape index (κ2) is 6.98. The molecular formula is C12H11FN2O5. The van der Waals surface area contributed by atoms with Crippen molar-refractivity contribution in [2.24, 2.45) is 0 Å². The van der Waals surface area contributed by atoms with Gasteiger partial charge >= 0.3 is 11.7 Å². The Morgan fingerprint density at radius 1 is 1.50 bits per heavy atom. The van der Waals surface area contributed by atoms with Gasteiger partial charge in [0.25, 0.3) is 5.91 Å². The Bertz CT molecular complexity index is 571. The molecule has 20 heavy (non-hydrogen) atoms. The summed E-state index contributed by atoms with van der Waals surface area (Å²) in [5.74, 6) is -2.39. The van der Waals surface area contributed by atoms with Gasteiger partial charge < -0.3 is 10.1 Å². The number of hydrogen-bond donors (Lipinski definition) is 1. The van der Waals surface area contributed by atoms with Crippen molar-refractivity contribution in [1.29, 1.82) is 0 Å². The summed E-state index contributed by atoms with van der Waals surface area (Å²) in [5.41, 5.74) is -0.723. The normalized spacial score (nSPS) is 10.3. The van der Waals surface area contributed by atoms with Gasteiger partial charge in [-0.05, 0) is 19.1 Å². The molecular weight excluding hydrogens is 271 g/mol. The van der Waals surface area contributed by atoms with Gasteiger partial charge in [0.05, 0.1) is 4.92 Å². The Hall–Kier alpha value is -2.77. The molecule has 7 nitrogen and oxygen atoms in total. The summed E-state index contributed by atoms with van der Waals surface area (Å²) >= 11 is 0. The monoisotopic (exact) mass is 282 g/mol. The van der Waals surface area contributed by atoms with Crippen LogP contribution < -0.4 is 5.32 Å². The van der Waals surface area contributed by atoms with Crippen molar-refractivity contribution in [3.8, 4) is 0 Å². The highest BCUT2D eigenvalue weighted by Crippen LogP contribution is 2.21. The quantitative estimate of drug-likeness (QED) is 0.384. The molecule has 0 saturated carbocycles. The van der Waals surface area contributed by atoms with Crippen LogP contribution >= 0.6 is 0 Å². The number of carbonyl (C=O) groups is 2. The number of allylic oxidation sites excluding steroid dienone is 1. The molecule has 0 atom stereocenters. The number of ether oxygens (including phenoxy) is 1. The number of nitro groups is 1. The SMILES string of the molecule is C/C=C/C(=O)OCC(=O)Nc1ccc(F)c([N+](=O)[O-])c1. The third-order valence-electron chi connectivity index (χ3n) is 2.07. The van der Waals surface area contributed by atoms with Crippen molar-refractivity contribution in [2.45, 2.75) is 6.92 Å². The first-order valence-electron chi connectivity index (χ1n) is 5.47. The highest BCUT2D eigenvalue weighted by atomic mass is 19.1. The number of carbonyl (C=O) groups excluding carboxylic acids is 2. The molecule has 0 spiro atoms. The third kappa shape index (κ3) is 4.48. The van der Waals surface area contributed by atoms with E-state index in [1.54, 1.807) is 6.92 Å². The second-order valence-corrected chi connectivity index (χ2v) is 3.58. The van der Waals surface area contributed by atoms with E-state index in [2.05, 4.69) is 10.1 Å². The van der Waals surface area contributed by atoms with Gasteiger partial charge in [-0.3, -0.25) is 14.9 Å². The Labute approximate surface area is 113 Å². The molecule has 0 bridgehead atoms. The van der Waals surface area contributed by atoms with E-state index in [0.717, 1.165) is 24.3 Å². The van der Waals surface area contributed by atoms with Crippen LogP contribution in [0.15, 0.2) is 30.4 Å². The first-order chi connectivity index (χ1) is 9.43. The van der Waals surface area contributed by atoms with Crippen LogP contribution in [0.1, 0.15) is 6.92 Å². The largest absolute Gasteiger partial charge is 0.452 e. The minimum Gasteiger partial charge on any atom is -0.452 e. The Kier molecular flexibility index (Phi) is 5.33. The molecule has 0 fully saturated rings. The summed E-state index contributed by atoms with van der Waals surface area (Å²) in [6, 6.07) is 2.90. The zero-order valence-electron chi connectivity index (χ0n) is 10.5. The van der Waals surface area contributed by atoms with Gasteiger partial charge in [-0.15, -0.1) is 0 Å². The Morgan fingerprint density at radius 3 is 2.80 bits per heavy atom. The number of benzene rings is 1. The summed E-state index contributed by atoms with van der Waals surface area (Å²) < 4.78 is 17.6. The van der Waals surface area contributed by atoms with Crippen molar-refractivity contribution >= 4 is 23.3 Å². The Morgan fingerprint density at radius 2 is 2.20 bits per heavy atom. The van der Waals surface area contributed by atoms with E-state index in [1.807, 2.05) is 0 Å². The molecule has 0 saturated heterocycles. The lowest BCUT2D eigenvalue weighted by Gasteiger charge is -2.05. The standard InChI is InChI=1S/C12H11FN2O5/c1-2-3-12(17)20-7-11(16)14-8-4-5-9(13)10(6-8)15(18)19/h2-6H,7H2,1H3,(H,14,16)/b3-2+. The number of halogens is 1. The minimum absolute atomic E-state index is 0.0326. The van der Waals surface area contributed by atoms with Crippen LogP contribution in [0.4, 0.5) is 15.8 Å². The van der Waals surface area contributed by atoms with Crippen molar-refractivity contribution in [2.75, 3.05) is 11.9 Å². The molecule has 0 aromatic heterocycles. The van der Waals surface area contributed by atoms with E-state index >= 15 is 0 Å². The average molecular weight is 282 g/mol. The molecule has 0 heterocycles. The van der Waals surface area contributed by atoms with E-state index in [1.165, 1.54) is 6.08 Å². The average Bonchev–Trinajstić information content (AvgIpc) is 2.39. The second-order valence-electron chi connectivity index (χ2n) is 3.58. The van der Waals surface area contributed by atoms with Gasteiger partial charge in [0.15, 0.2) is 6.61 Å². The fourth-order valence-corrected chi connectivity index (χ4v) is 1.25. The molecule has 106 valence electrons. The van der Waals surface area contributed by atoms with E-state index in [4.69, 9.17) is 0 Å². The van der Waals surface area contributed by atoms with Crippen LogP contribution in [-0.2, 0) is 14.3 Å². The fraction of sp³-hybridized carbons (Fsp3) is 0.167. The van der Waals surface area contributed by atoms with E-state index in [-0.39, 0.29) is 5.69 Å². The van der Waals surface area contributed by atoms with Crippen molar-refractivity contribution in [3.63, 3.8) is 0 Å². The fourth-order valence-electron chi connectivity index (χ4n) is 1.25. The van der Waals surface area contributed by atoms with Gasteiger partial charge in [-0.2, -0.15) is 4.39 Å². The van der Waals surface area contributed by atoms with Gasteiger partial charge in [0.1, 0.15) is 0 Å². The van der Waals surface area contributed by atoms with Crippen LogP contribution in [-0.4, -0.2) is 23.4 Å². The maximum Gasteiger partial charge on any atom is 0.330 e. The number of esters is 1. The van der Waals surface area contributed by atoms with Gasteiger partial charge in [0, 0.05) is 17.8 Å². The summed E-state index contributed by atoms with van der Waals surface area (Å²) in [5, 5.41) is 12.8. The molecule has 1 amide bonds. The molecule has 0 unspecified atom stereocenters. The number of nitrogens with zero attached hydrogens (tertiary/aromatic N) is 1. The lowest BCUT2D eigenvalue weighted by molar-refractivity contribution is -0.387. The summed E-state index contributed by atoms with van der Waals surface area (Å²) in [6.45, 7) is 1.06. The van der Waals surface area contributed by atoms with Crippen LogP contribution in [0.5, 0.6) is 0 Å². The van der Waals surface area contributed by atoms with Crippen molar-refractivity contribution in [3.05, 3.63) is 46.3 Å². The molecule has 1 aromatic rings. The maximum absolute atomic E-state index is 13.1. The molecule has 1 rings (SSSR count). The van der Waals surface area contributed by atoms with Crippen LogP contribution in [0, 0.1) is 15.9 Å². The predicted octanol–water partition coefficient (Wildman–Crippen LogP) is 1.79. The summed E-state index contributed by atoms with van der Waals surface area (Å²) in [4.78, 5) is 32.0. The van der Waals surface area contributed by atoms with Crippen molar-refractivity contribution < 1.29 is 23.6 Å². The lowest BCUT2D eigenvalue weighted by atomic mass is 10.2. The zero-order chi connectivity index (χ0) is 15.1. The smallest absolute Gasteiger partial charge is 0.330 e. The maximum atomic E-state index is 13.1. The zero-order valence-corrected chi connectivity index (χ0v) is 10.5. The molecule has 0 aliphatic heterocycles. The molecule has 8 heteroatoms. The highest BCUT2D eigenvalue weighted by molar-refractivity contribution is 5.94. The number of anilines is 1. The first-order valence-corrected chi connectivity index (χ1v) is 5.47. The van der Waals surface area contributed by atoms with Gasteiger partial charge in [-0.1, -0.05) is 6.08 Å². The van der Waals surface area contributed by atoms with Gasteiger partial charge in [0.2, 0.25) is 5.82 Å². The van der Waals surface area contributed by atoms with Crippen LogP contribution in [0.25, 0.3) is 0 Å². The third-order valence-corrected chi connectivity index (χ3v) is 2.07. The molecule has 0 aliphatic carbocycles. The van der Waals surface area contributed by atoms with Crippen LogP contribution in [0.2, 0.25) is 0 Å². The lowest BCUT2D eigenvalue weighted by Crippen LogP contribution is -2.20. The van der Waals surface area contributed by atoms with Crippen LogP contribution in [0.3, 0.4) is 0 Å². The molecule has 1 aromatic carbocycles. The molecule has 1 N–H and O–H groups in total. The molecule has 0 radical (unpaired) electrons.